The smallest absolute Gasteiger partial charge is 0.255 e. The molecule has 16 heavy (non-hydrogen) atoms. The van der Waals surface area contributed by atoms with Crippen molar-refractivity contribution in [2.45, 2.75) is 18.1 Å². The number of carbonyl (C=O) groups is 1. The molecule has 1 aliphatic heterocycles. The Hall–Kier alpha value is -1.10. The lowest BCUT2D eigenvalue weighted by Gasteiger charge is -2.10. The fourth-order valence-electron chi connectivity index (χ4n) is 1.66. The van der Waals surface area contributed by atoms with Gasteiger partial charge in [-0.2, -0.15) is 16.2 Å². The second kappa shape index (κ2) is 5.30. The Kier molecular flexibility index (Phi) is 3.77. The van der Waals surface area contributed by atoms with E-state index in [1.807, 2.05) is 11.8 Å². The summed E-state index contributed by atoms with van der Waals surface area (Å²) < 4.78 is 13.2. The van der Waals surface area contributed by atoms with E-state index in [0.29, 0.717) is 11.8 Å². The molecule has 2 rings (SSSR count). The molecule has 1 N–H and O–H groups in total. The summed E-state index contributed by atoms with van der Waals surface area (Å²) in [6.07, 6.45) is 3.66. The second-order valence-electron chi connectivity index (χ2n) is 3.69. The fraction of sp³-hybridized carbons (Fsp3) is 0.455. The molecular weight excluding hydrogens is 227 g/mol. The number of carbonyl (C=O) groups excluding carboxylic acids is 1. The highest BCUT2D eigenvalue weighted by atomic mass is 32.2. The summed E-state index contributed by atoms with van der Waals surface area (Å²) in [5.74, 6) is 0.0686. The summed E-state index contributed by atoms with van der Waals surface area (Å²) in [6, 6.07) is 3.00. The molecule has 1 atom stereocenters. The zero-order valence-corrected chi connectivity index (χ0v) is 9.60. The molecule has 1 saturated heterocycles. The monoisotopic (exact) mass is 240 g/mol. The van der Waals surface area contributed by atoms with E-state index in [9.17, 15) is 9.18 Å². The third-order valence-electron chi connectivity index (χ3n) is 2.52. The van der Waals surface area contributed by atoms with E-state index in [1.165, 1.54) is 18.7 Å². The van der Waals surface area contributed by atoms with Crippen molar-refractivity contribution in [2.75, 3.05) is 12.3 Å². The number of nitrogens with zero attached hydrogens (tertiary/aromatic N) is 1. The van der Waals surface area contributed by atoms with Crippen molar-refractivity contribution >= 4 is 17.7 Å². The maximum Gasteiger partial charge on any atom is 0.255 e. The van der Waals surface area contributed by atoms with Gasteiger partial charge in [0.1, 0.15) is 0 Å². The number of hydrogen-bond acceptors (Lipinski definition) is 3. The van der Waals surface area contributed by atoms with Crippen LogP contribution in [0.5, 0.6) is 0 Å². The molecule has 1 fully saturated rings. The average molecular weight is 240 g/mol. The number of aromatic nitrogens is 1. The van der Waals surface area contributed by atoms with Gasteiger partial charge in [-0.15, -0.1) is 0 Å². The minimum Gasteiger partial charge on any atom is -0.351 e. The topological polar surface area (TPSA) is 42.0 Å². The van der Waals surface area contributed by atoms with Crippen LogP contribution in [0.1, 0.15) is 23.2 Å². The predicted molar refractivity (Wildman–Crippen MR) is 62.0 cm³/mol. The molecule has 3 nitrogen and oxygen atoms in total. The Bertz CT molecular complexity index is 380. The molecule has 0 radical (unpaired) electrons. The van der Waals surface area contributed by atoms with Crippen LogP contribution in [0, 0.1) is 5.95 Å². The number of nitrogens with one attached hydrogen (secondary N) is 1. The number of amides is 1. The van der Waals surface area contributed by atoms with E-state index in [-0.39, 0.29) is 11.5 Å². The molecule has 86 valence electrons. The van der Waals surface area contributed by atoms with Gasteiger partial charge in [-0.05, 0) is 30.7 Å². The SMILES string of the molecule is O=C(NCC1CCCS1)c1cccnc1F. The van der Waals surface area contributed by atoms with Gasteiger partial charge in [0.2, 0.25) is 5.95 Å². The van der Waals surface area contributed by atoms with Gasteiger partial charge in [-0.3, -0.25) is 4.79 Å². The van der Waals surface area contributed by atoms with Crippen molar-refractivity contribution in [1.29, 1.82) is 0 Å². The quantitative estimate of drug-likeness (QED) is 0.820. The van der Waals surface area contributed by atoms with Crippen LogP contribution in [-0.4, -0.2) is 28.4 Å². The van der Waals surface area contributed by atoms with Crippen LogP contribution < -0.4 is 5.32 Å². The van der Waals surface area contributed by atoms with Crippen LogP contribution in [0.25, 0.3) is 0 Å². The standard InChI is InChI=1S/C11H13FN2OS/c12-10-9(4-1-5-13-10)11(15)14-7-8-3-2-6-16-8/h1,4-5,8H,2-3,6-7H2,(H,14,15). The summed E-state index contributed by atoms with van der Waals surface area (Å²) in [5.41, 5.74) is 0.0190. The molecule has 2 heterocycles. The second-order valence-corrected chi connectivity index (χ2v) is 5.10. The van der Waals surface area contributed by atoms with Crippen molar-refractivity contribution in [2.24, 2.45) is 0 Å². The van der Waals surface area contributed by atoms with Crippen molar-refractivity contribution in [3.05, 3.63) is 29.8 Å². The summed E-state index contributed by atoms with van der Waals surface area (Å²) >= 11 is 1.86. The zero-order chi connectivity index (χ0) is 11.4. The Balaban J connectivity index is 1.90. The van der Waals surface area contributed by atoms with Gasteiger partial charge in [0.15, 0.2) is 0 Å². The van der Waals surface area contributed by atoms with E-state index in [0.717, 1.165) is 12.2 Å². The Morgan fingerprint density at radius 2 is 2.56 bits per heavy atom. The van der Waals surface area contributed by atoms with Crippen molar-refractivity contribution in [3.8, 4) is 0 Å². The maximum atomic E-state index is 13.2. The van der Waals surface area contributed by atoms with E-state index in [4.69, 9.17) is 0 Å². The largest absolute Gasteiger partial charge is 0.351 e. The van der Waals surface area contributed by atoms with E-state index in [2.05, 4.69) is 10.3 Å². The lowest BCUT2D eigenvalue weighted by Crippen LogP contribution is -2.30. The van der Waals surface area contributed by atoms with Gasteiger partial charge < -0.3 is 5.32 Å². The molecule has 0 spiro atoms. The van der Waals surface area contributed by atoms with Crippen LogP contribution in [0.15, 0.2) is 18.3 Å². The van der Waals surface area contributed by atoms with Gasteiger partial charge in [0.25, 0.3) is 5.91 Å². The summed E-state index contributed by atoms with van der Waals surface area (Å²) in [4.78, 5) is 15.1. The Labute approximate surface area is 97.8 Å². The van der Waals surface area contributed by atoms with Gasteiger partial charge in [0, 0.05) is 18.0 Å². The van der Waals surface area contributed by atoms with Gasteiger partial charge in [-0.25, -0.2) is 4.98 Å². The van der Waals surface area contributed by atoms with Gasteiger partial charge in [0.05, 0.1) is 5.56 Å². The number of thioether (sulfide) groups is 1. The molecule has 0 aliphatic carbocycles. The third-order valence-corrected chi connectivity index (χ3v) is 3.92. The molecule has 1 unspecified atom stereocenters. The summed E-state index contributed by atoms with van der Waals surface area (Å²) in [6.45, 7) is 0.609. The van der Waals surface area contributed by atoms with Crippen molar-refractivity contribution < 1.29 is 9.18 Å². The molecule has 1 aliphatic rings. The van der Waals surface area contributed by atoms with E-state index in [1.54, 1.807) is 6.07 Å². The average Bonchev–Trinajstić information content (AvgIpc) is 2.79. The predicted octanol–water partition coefficient (Wildman–Crippen LogP) is 1.85. The van der Waals surface area contributed by atoms with E-state index >= 15 is 0 Å². The lowest BCUT2D eigenvalue weighted by atomic mass is 10.2. The van der Waals surface area contributed by atoms with Gasteiger partial charge in [-0.1, -0.05) is 0 Å². The highest BCUT2D eigenvalue weighted by Crippen LogP contribution is 2.25. The van der Waals surface area contributed by atoms with Gasteiger partial charge >= 0.3 is 0 Å². The fourth-order valence-corrected chi connectivity index (χ4v) is 2.86. The Morgan fingerprint density at radius 1 is 1.69 bits per heavy atom. The first-order valence-corrected chi connectivity index (χ1v) is 6.32. The number of rotatable bonds is 3. The first-order valence-electron chi connectivity index (χ1n) is 5.27. The lowest BCUT2D eigenvalue weighted by molar-refractivity contribution is 0.0948. The van der Waals surface area contributed by atoms with Crippen molar-refractivity contribution in [1.82, 2.24) is 10.3 Å². The highest BCUT2D eigenvalue weighted by Gasteiger charge is 2.18. The molecule has 1 aromatic rings. The Morgan fingerprint density at radius 3 is 3.25 bits per heavy atom. The van der Waals surface area contributed by atoms with Crippen LogP contribution in [0.3, 0.4) is 0 Å². The number of halogens is 1. The molecule has 0 bridgehead atoms. The summed E-state index contributed by atoms with van der Waals surface area (Å²) in [5, 5.41) is 3.22. The first kappa shape index (κ1) is 11.4. The highest BCUT2D eigenvalue weighted by molar-refractivity contribution is 8.00. The zero-order valence-electron chi connectivity index (χ0n) is 8.78. The van der Waals surface area contributed by atoms with Crippen molar-refractivity contribution in [3.63, 3.8) is 0 Å². The van der Waals surface area contributed by atoms with Crippen LogP contribution in [0.4, 0.5) is 4.39 Å². The minimum atomic E-state index is -0.709. The van der Waals surface area contributed by atoms with Crippen LogP contribution in [-0.2, 0) is 0 Å². The molecular formula is C11H13FN2OS. The molecule has 5 heteroatoms. The first-order chi connectivity index (χ1) is 7.77. The third kappa shape index (κ3) is 2.72. The molecule has 1 aromatic heterocycles. The van der Waals surface area contributed by atoms with Crippen LogP contribution >= 0.6 is 11.8 Å². The normalized spacial score (nSPS) is 19.7. The summed E-state index contributed by atoms with van der Waals surface area (Å²) in [7, 11) is 0. The molecule has 1 amide bonds. The minimum absolute atomic E-state index is 0.0190. The molecule has 0 aromatic carbocycles. The van der Waals surface area contributed by atoms with Crippen LogP contribution in [0.2, 0.25) is 0 Å². The number of pyridine rings is 1. The molecule has 0 saturated carbocycles. The maximum absolute atomic E-state index is 13.2. The van der Waals surface area contributed by atoms with E-state index < -0.39 is 5.95 Å². The number of hydrogen-bond donors (Lipinski definition) is 1.